The number of carbonyl (C=O) groups excluding carboxylic acids is 3. The topological polar surface area (TPSA) is 162 Å². The Bertz CT molecular complexity index is 2170. The molecule has 3 saturated carbocycles. The molecule has 3 aliphatic carbocycles. The van der Waals surface area contributed by atoms with Crippen molar-refractivity contribution in [1.29, 1.82) is 0 Å². The maximum Gasteiger partial charge on any atom is 0.481 e. The predicted octanol–water partition coefficient (Wildman–Crippen LogP) is 6.98. The molecule has 8 rings (SSSR count). The zero-order valence-electron chi connectivity index (χ0n) is 34.2. The number of nitrogens with one attached hydrogen (secondary N) is 4. The number of carbonyl (C=O) groups is 3. The first kappa shape index (κ1) is 42.2. The number of para-hydroxylation sites is 1. The van der Waals surface area contributed by atoms with Crippen LogP contribution in [0.3, 0.4) is 0 Å². The highest BCUT2D eigenvalue weighted by atomic mass is 19.4. The molecular weight excluding hydrogens is 768 g/mol. The zero-order chi connectivity index (χ0) is 42.5. The monoisotopic (exact) mass is 820 g/mol. The van der Waals surface area contributed by atoms with Crippen molar-refractivity contribution < 1.29 is 41.6 Å². The fourth-order valence-corrected chi connectivity index (χ4v) is 9.35. The van der Waals surface area contributed by atoms with Gasteiger partial charge in [0.2, 0.25) is 5.91 Å². The summed E-state index contributed by atoms with van der Waals surface area (Å²) in [5.74, 6) is -0.773. The van der Waals surface area contributed by atoms with Gasteiger partial charge in [0, 0.05) is 13.0 Å². The van der Waals surface area contributed by atoms with Gasteiger partial charge in [-0.15, -0.1) is 0 Å². The smallest absolute Gasteiger partial charge is 0.462 e. The molecule has 1 saturated heterocycles. The maximum atomic E-state index is 14.5. The van der Waals surface area contributed by atoms with Crippen LogP contribution in [0.15, 0.2) is 59.5 Å². The minimum absolute atomic E-state index is 0.0544. The Morgan fingerprint density at radius 3 is 2.53 bits per heavy atom. The Morgan fingerprint density at radius 2 is 1.81 bits per heavy atom. The van der Waals surface area contributed by atoms with Gasteiger partial charge in [0.1, 0.15) is 17.6 Å². The predicted molar refractivity (Wildman–Crippen MR) is 214 cm³/mol. The number of nitrogens with zero attached hydrogens (tertiary/aromatic N) is 2. The molecule has 4 fully saturated rings. The van der Waals surface area contributed by atoms with Gasteiger partial charge in [0.15, 0.2) is 0 Å². The molecule has 2 aromatic carbocycles. The molecule has 0 spiro atoms. The first-order valence-corrected chi connectivity index (χ1v) is 20.4. The Kier molecular flexibility index (Phi) is 11.4. The highest BCUT2D eigenvalue weighted by molar-refractivity contribution is 6.47. The third kappa shape index (κ3) is 8.07. The number of ether oxygens (including phenoxy) is 1. The van der Waals surface area contributed by atoms with E-state index < -0.39 is 65.4 Å². The average Bonchev–Trinajstić information content (AvgIpc) is 3.70. The van der Waals surface area contributed by atoms with Gasteiger partial charge in [-0.3, -0.25) is 14.2 Å². The highest BCUT2D eigenvalue weighted by Gasteiger charge is 2.67. The van der Waals surface area contributed by atoms with Crippen molar-refractivity contribution in [3.63, 3.8) is 0 Å². The Labute approximate surface area is 341 Å². The molecule has 0 radical (unpaired) electrons. The SMILES string of the molecule is CCCCOC(=O)c1ccccc1NC(=O)N[C@]1(C)C[C@@H](C(=O)N[C@@H](CC)B2O[C@@H]3C4CC(C[C@]3(C)O2)C4(C)C)n2c1ncc(NCc1cccc(C(F)(F)F)c1)c2=O. The number of hydrogen-bond donors (Lipinski definition) is 4. The van der Waals surface area contributed by atoms with Crippen molar-refractivity contribution in [3.8, 4) is 0 Å². The number of hydrogen-bond acceptors (Lipinski definition) is 9. The number of halogens is 3. The van der Waals surface area contributed by atoms with E-state index in [1.807, 2.05) is 13.8 Å². The molecular formula is C42H52BF3N6O7. The molecule has 316 valence electrons. The van der Waals surface area contributed by atoms with Crippen molar-refractivity contribution in [2.75, 3.05) is 17.2 Å². The number of esters is 1. The van der Waals surface area contributed by atoms with Gasteiger partial charge in [0.25, 0.3) is 5.56 Å². The van der Waals surface area contributed by atoms with Crippen LogP contribution in [-0.4, -0.2) is 58.8 Å². The molecule has 3 heterocycles. The summed E-state index contributed by atoms with van der Waals surface area (Å²) in [5, 5.41) is 11.6. The second-order valence-electron chi connectivity index (χ2n) is 17.3. The summed E-state index contributed by atoms with van der Waals surface area (Å²) in [6.45, 7) is 12.2. The van der Waals surface area contributed by atoms with Crippen molar-refractivity contribution >= 4 is 36.4 Å². The first-order valence-electron chi connectivity index (χ1n) is 20.4. The van der Waals surface area contributed by atoms with Crippen LogP contribution in [0.4, 0.5) is 29.3 Å². The Morgan fingerprint density at radius 1 is 1.05 bits per heavy atom. The third-order valence-electron chi connectivity index (χ3n) is 12.9. The van der Waals surface area contributed by atoms with Crippen molar-refractivity contribution in [3.05, 3.63) is 87.6 Å². The van der Waals surface area contributed by atoms with E-state index in [2.05, 4.69) is 47.0 Å². The van der Waals surface area contributed by atoms with E-state index in [0.29, 0.717) is 24.7 Å². The lowest BCUT2D eigenvalue weighted by molar-refractivity contribution is -0.185. The summed E-state index contributed by atoms with van der Waals surface area (Å²) in [4.78, 5) is 59.9. The average molecular weight is 821 g/mol. The van der Waals surface area contributed by atoms with Gasteiger partial charge in [-0.1, -0.05) is 58.4 Å². The third-order valence-corrected chi connectivity index (χ3v) is 12.9. The molecule has 3 amide bonds. The number of unbranched alkanes of at least 4 members (excludes halogenated alkanes) is 1. The second kappa shape index (κ2) is 15.9. The molecule has 4 N–H and O–H groups in total. The van der Waals surface area contributed by atoms with E-state index in [9.17, 15) is 32.3 Å². The molecule has 2 aliphatic heterocycles. The molecule has 7 atom stereocenters. The number of rotatable bonds is 13. The summed E-state index contributed by atoms with van der Waals surface area (Å²) in [7, 11) is -0.727. The Hall–Kier alpha value is -4.90. The zero-order valence-corrected chi connectivity index (χ0v) is 34.2. The van der Waals surface area contributed by atoms with Gasteiger partial charge in [0.05, 0.1) is 52.8 Å². The van der Waals surface area contributed by atoms with Gasteiger partial charge in [-0.05, 0) is 86.6 Å². The Balaban J connectivity index is 1.14. The number of amides is 3. The van der Waals surface area contributed by atoms with Crippen LogP contribution in [0.1, 0.15) is 113 Å². The lowest BCUT2D eigenvalue weighted by atomic mass is 9.45. The largest absolute Gasteiger partial charge is 0.481 e. The minimum Gasteiger partial charge on any atom is -0.462 e. The molecule has 17 heteroatoms. The summed E-state index contributed by atoms with van der Waals surface area (Å²) in [6.07, 6.45) is 0.371. The lowest BCUT2D eigenvalue weighted by Gasteiger charge is -2.63. The van der Waals surface area contributed by atoms with Crippen molar-refractivity contribution in [1.82, 2.24) is 20.2 Å². The fourth-order valence-electron chi connectivity index (χ4n) is 9.35. The fraction of sp³-hybridized carbons (Fsp3) is 0.548. The first-order chi connectivity index (χ1) is 27.9. The molecule has 13 nitrogen and oxygen atoms in total. The van der Waals surface area contributed by atoms with E-state index in [4.69, 9.17) is 14.0 Å². The second-order valence-corrected chi connectivity index (χ2v) is 17.3. The molecule has 3 aromatic rings. The van der Waals surface area contributed by atoms with E-state index in [1.165, 1.54) is 29.0 Å². The molecule has 5 aliphatic rings. The van der Waals surface area contributed by atoms with Crippen LogP contribution in [0.25, 0.3) is 0 Å². The van der Waals surface area contributed by atoms with E-state index in [-0.39, 0.29) is 59.4 Å². The van der Waals surface area contributed by atoms with Gasteiger partial charge < -0.3 is 35.3 Å². The lowest BCUT2D eigenvalue weighted by Crippen LogP contribution is -2.63. The highest BCUT2D eigenvalue weighted by Crippen LogP contribution is 2.64. The van der Waals surface area contributed by atoms with Crippen LogP contribution >= 0.6 is 0 Å². The summed E-state index contributed by atoms with van der Waals surface area (Å²) in [5.41, 5.74) is -2.68. The summed E-state index contributed by atoms with van der Waals surface area (Å²) < 4.78 is 60.1. The van der Waals surface area contributed by atoms with Crippen LogP contribution in [-0.2, 0) is 37.1 Å². The van der Waals surface area contributed by atoms with Gasteiger partial charge >= 0.3 is 25.3 Å². The standard InChI is InChI=1S/C42H52BF3N6O7/c1-7-9-17-57-36(55)27-15-10-11-16-29(27)49-38(56)51-40(5)21-31(34(53)50-32(8-2)43-58-33-28-19-26(39(28,3)4)20-41(33,6)59-43)52-35(54)30(23-48-37(40)52)47-22-24-13-12-14-25(18-24)42(44,45)46/h10-16,18,23,26,28,31-33,47H,7-9,17,19-22H2,1-6H3,(H,50,53)(H2,49,51,56)/t26?,28?,31-,32-,33+,40+,41-/m0/s1. The normalized spacial score (nSPS) is 26.8. The van der Waals surface area contributed by atoms with E-state index in [0.717, 1.165) is 31.4 Å². The number of alkyl halides is 3. The minimum atomic E-state index is -4.55. The van der Waals surface area contributed by atoms with Gasteiger partial charge in [-0.25, -0.2) is 14.6 Å². The number of benzene rings is 2. The van der Waals surface area contributed by atoms with Crippen LogP contribution < -0.4 is 26.8 Å². The molecule has 59 heavy (non-hydrogen) atoms. The number of urea groups is 1. The maximum absolute atomic E-state index is 14.5. The van der Waals surface area contributed by atoms with E-state index in [1.54, 1.807) is 25.1 Å². The summed E-state index contributed by atoms with van der Waals surface area (Å²) in [6, 6.07) is 9.22. The van der Waals surface area contributed by atoms with Crippen molar-refractivity contribution in [2.24, 2.45) is 17.3 Å². The number of aromatic nitrogens is 2. The van der Waals surface area contributed by atoms with Crippen LogP contribution in [0.2, 0.25) is 0 Å². The van der Waals surface area contributed by atoms with Crippen LogP contribution in [0.5, 0.6) is 0 Å². The molecule has 2 bridgehead atoms. The molecule has 2 unspecified atom stereocenters. The summed E-state index contributed by atoms with van der Waals surface area (Å²) >= 11 is 0. The number of anilines is 2. The molecule has 1 aromatic heterocycles. The van der Waals surface area contributed by atoms with Crippen molar-refractivity contribution in [2.45, 2.75) is 122 Å². The van der Waals surface area contributed by atoms with Crippen LogP contribution in [0, 0.1) is 17.3 Å². The quantitative estimate of drug-likeness (QED) is 0.0811. The number of fused-ring (bicyclic) bond motifs is 1. The van der Waals surface area contributed by atoms with Gasteiger partial charge in [-0.2, -0.15) is 13.2 Å². The van der Waals surface area contributed by atoms with E-state index >= 15 is 0 Å².